The molecule has 0 unspecified atom stereocenters. The number of piperazine rings is 1. The standard InChI is InChI=1S/C14H30N4/c1-14(2)13-18-6-4-15-3-5-16-7-9-17(10-8-16)11-12-18/h14-15H,3-13H2,1-2H3. The van der Waals surface area contributed by atoms with Gasteiger partial charge in [0.1, 0.15) is 0 Å². The largest absolute Gasteiger partial charge is 0.314 e. The molecule has 3 fully saturated rings. The first-order valence-electron chi connectivity index (χ1n) is 7.62. The zero-order chi connectivity index (χ0) is 12.8. The molecule has 0 atom stereocenters. The second kappa shape index (κ2) is 7.43. The lowest BCUT2D eigenvalue weighted by atomic mass is 10.2. The van der Waals surface area contributed by atoms with Gasteiger partial charge in [0, 0.05) is 72.0 Å². The highest BCUT2D eigenvalue weighted by atomic mass is 15.3. The molecule has 0 aromatic rings. The van der Waals surface area contributed by atoms with E-state index < -0.39 is 0 Å². The summed E-state index contributed by atoms with van der Waals surface area (Å²) in [6, 6.07) is 0. The van der Waals surface area contributed by atoms with Crippen LogP contribution in [0, 0.1) is 5.92 Å². The molecule has 0 radical (unpaired) electrons. The minimum absolute atomic E-state index is 0.773. The van der Waals surface area contributed by atoms with Crippen LogP contribution in [0.15, 0.2) is 0 Å². The van der Waals surface area contributed by atoms with Crippen molar-refractivity contribution in [2.75, 3.05) is 72.0 Å². The normalized spacial score (nSPS) is 32.2. The molecule has 3 saturated heterocycles. The summed E-state index contributed by atoms with van der Waals surface area (Å²) in [6.45, 7) is 18.1. The Labute approximate surface area is 112 Å². The number of nitrogens with one attached hydrogen (secondary N) is 1. The maximum Gasteiger partial charge on any atom is 0.0110 e. The molecule has 4 heteroatoms. The van der Waals surface area contributed by atoms with Gasteiger partial charge >= 0.3 is 0 Å². The molecule has 2 bridgehead atoms. The molecule has 0 saturated carbocycles. The molecule has 106 valence electrons. The Kier molecular flexibility index (Phi) is 5.89. The summed E-state index contributed by atoms with van der Waals surface area (Å²) in [5.41, 5.74) is 0. The second-order valence-corrected chi connectivity index (χ2v) is 6.13. The van der Waals surface area contributed by atoms with Crippen molar-refractivity contribution in [1.29, 1.82) is 0 Å². The summed E-state index contributed by atoms with van der Waals surface area (Å²) in [5, 5.41) is 3.59. The first-order chi connectivity index (χ1) is 8.74. The lowest BCUT2D eigenvalue weighted by Crippen LogP contribution is -2.51. The van der Waals surface area contributed by atoms with Crippen molar-refractivity contribution in [1.82, 2.24) is 20.0 Å². The molecule has 18 heavy (non-hydrogen) atoms. The molecule has 3 heterocycles. The molecule has 0 aromatic carbocycles. The van der Waals surface area contributed by atoms with E-state index in [1.807, 2.05) is 0 Å². The zero-order valence-corrected chi connectivity index (χ0v) is 12.2. The van der Waals surface area contributed by atoms with Gasteiger partial charge in [0.25, 0.3) is 0 Å². The average Bonchev–Trinajstić information content (AvgIpc) is 2.34. The number of hydrogen-bond donors (Lipinski definition) is 1. The van der Waals surface area contributed by atoms with E-state index in [0.717, 1.165) is 19.0 Å². The van der Waals surface area contributed by atoms with Crippen LogP contribution in [0.3, 0.4) is 0 Å². The van der Waals surface area contributed by atoms with E-state index in [2.05, 4.69) is 33.9 Å². The molecule has 3 aliphatic rings. The van der Waals surface area contributed by atoms with Gasteiger partial charge in [-0.3, -0.25) is 9.80 Å². The van der Waals surface area contributed by atoms with Gasteiger partial charge in [-0.1, -0.05) is 13.8 Å². The van der Waals surface area contributed by atoms with E-state index in [1.165, 1.54) is 58.9 Å². The molecule has 0 spiro atoms. The topological polar surface area (TPSA) is 21.8 Å². The van der Waals surface area contributed by atoms with Crippen molar-refractivity contribution in [2.45, 2.75) is 13.8 Å². The van der Waals surface area contributed by atoms with E-state index in [1.54, 1.807) is 0 Å². The zero-order valence-electron chi connectivity index (χ0n) is 12.2. The predicted octanol–water partition coefficient (Wildman–Crippen LogP) is 0.165. The Bertz CT molecular complexity index is 221. The fourth-order valence-corrected chi connectivity index (χ4v) is 2.93. The van der Waals surface area contributed by atoms with Crippen LogP contribution in [0.25, 0.3) is 0 Å². The van der Waals surface area contributed by atoms with Crippen molar-refractivity contribution in [2.24, 2.45) is 5.92 Å². The van der Waals surface area contributed by atoms with E-state index in [0.29, 0.717) is 0 Å². The maximum atomic E-state index is 3.59. The molecular weight excluding hydrogens is 224 g/mol. The summed E-state index contributed by atoms with van der Waals surface area (Å²) >= 11 is 0. The lowest BCUT2D eigenvalue weighted by Gasteiger charge is -2.37. The van der Waals surface area contributed by atoms with Gasteiger partial charge in [-0.2, -0.15) is 0 Å². The van der Waals surface area contributed by atoms with Crippen molar-refractivity contribution in [3.05, 3.63) is 0 Å². The van der Waals surface area contributed by atoms with Gasteiger partial charge in [-0.25, -0.2) is 0 Å². The summed E-state index contributed by atoms with van der Waals surface area (Å²) in [7, 11) is 0. The van der Waals surface area contributed by atoms with Crippen LogP contribution in [0.4, 0.5) is 0 Å². The number of hydrogen-bond acceptors (Lipinski definition) is 4. The number of nitrogens with zero attached hydrogens (tertiary/aromatic N) is 3. The second-order valence-electron chi connectivity index (χ2n) is 6.13. The van der Waals surface area contributed by atoms with Crippen molar-refractivity contribution in [3.8, 4) is 0 Å². The first kappa shape index (κ1) is 14.3. The van der Waals surface area contributed by atoms with Crippen molar-refractivity contribution in [3.63, 3.8) is 0 Å². The quantitative estimate of drug-likeness (QED) is 0.758. The molecule has 4 nitrogen and oxygen atoms in total. The van der Waals surface area contributed by atoms with Gasteiger partial charge in [0.2, 0.25) is 0 Å². The van der Waals surface area contributed by atoms with Crippen LogP contribution in [-0.4, -0.2) is 86.7 Å². The molecule has 0 aromatic heterocycles. The molecule has 3 aliphatic heterocycles. The summed E-state index contributed by atoms with van der Waals surface area (Å²) in [5.74, 6) is 0.773. The molecule has 3 rings (SSSR count). The van der Waals surface area contributed by atoms with E-state index >= 15 is 0 Å². The highest BCUT2D eigenvalue weighted by Gasteiger charge is 2.18. The molecule has 0 aliphatic carbocycles. The SMILES string of the molecule is CC(C)CN1CCNCCN2CCN(CC2)CC1. The number of rotatable bonds is 2. The minimum Gasteiger partial charge on any atom is -0.314 e. The number of fused-ring (bicyclic) bond motifs is 9. The van der Waals surface area contributed by atoms with Crippen LogP contribution >= 0.6 is 0 Å². The van der Waals surface area contributed by atoms with Gasteiger partial charge < -0.3 is 10.2 Å². The fourth-order valence-electron chi connectivity index (χ4n) is 2.93. The fraction of sp³-hybridized carbons (Fsp3) is 1.00. The van der Waals surface area contributed by atoms with Crippen LogP contribution in [0.2, 0.25) is 0 Å². The average molecular weight is 254 g/mol. The third-order valence-electron chi connectivity index (χ3n) is 4.03. The highest BCUT2D eigenvalue weighted by molar-refractivity contribution is 4.75. The Morgan fingerprint density at radius 2 is 1.33 bits per heavy atom. The van der Waals surface area contributed by atoms with E-state index in [9.17, 15) is 0 Å². The van der Waals surface area contributed by atoms with Crippen molar-refractivity contribution >= 4 is 0 Å². The summed E-state index contributed by atoms with van der Waals surface area (Å²) in [6.07, 6.45) is 0. The van der Waals surface area contributed by atoms with Crippen LogP contribution < -0.4 is 5.32 Å². The van der Waals surface area contributed by atoms with Gasteiger partial charge in [-0.05, 0) is 5.92 Å². The molecule has 0 amide bonds. The monoisotopic (exact) mass is 254 g/mol. The minimum atomic E-state index is 0.773. The lowest BCUT2D eigenvalue weighted by molar-refractivity contribution is 0.111. The third kappa shape index (κ3) is 4.84. The summed E-state index contributed by atoms with van der Waals surface area (Å²) in [4.78, 5) is 7.86. The molecule has 1 N–H and O–H groups in total. The highest BCUT2D eigenvalue weighted by Crippen LogP contribution is 2.04. The third-order valence-corrected chi connectivity index (χ3v) is 4.03. The Balaban J connectivity index is 1.84. The smallest absolute Gasteiger partial charge is 0.0110 e. The maximum absolute atomic E-state index is 3.59. The van der Waals surface area contributed by atoms with Crippen LogP contribution in [-0.2, 0) is 0 Å². The van der Waals surface area contributed by atoms with Gasteiger partial charge in [0.05, 0.1) is 0 Å². The molecular formula is C14H30N4. The van der Waals surface area contributed by atoms with Crippen LogP contribution in [0.1, 0.15) is 13.8 Å². The Hall–Kier alpha value is -0.160. The van der Waals surface area contributed by atoms with Gasteiger partial charge in [0.15, 0.2) is 0 Å². The Morgan fingerprint density at radius 3 is 2.00 bits per heavy atom. The van der Waals surface area contributed by atoms with E-state index in [4.69, 9.17) is 0 Å². The predicted molar refractivity (Wildman–Crippen MR) is 77.0 cm³/mol. The van der Waals surface area contributed by atoms with Crippen molar-refractivity contribution < 1.29 is 0 Å². The van der Waals surface area contributed by atoms with Crippen LogP contribution in [0.5, 0.6) is 0 Å². The van der Waals surface area contributed by atoms with E-state index in [-0.39, 0.29) is 0 Å². The Morgan fingerprint density at radius 1 is 0.778 bits per heavy atom. The first-order valence-corrected chi connectivity index (χ1v) is 7.62. The van der Waals surface area contributed by atoms with Gasteiger partial charge in [-0.15, -0.1) is 0 Å². The summed E-state index contributed by atoms with van der Waals surface area (Å²) < 4.78 is 0.